The molecule has 1 aromatic rings. The average molecular weight is 356 g/mol. The molecule has 118 valence electrons. The number of aliphatic hydroxyl groups is 1. The van der Waals surface area contributed by atoms with Gasteiger partial charge in [0.25, 0.3) is 0 Å². The van der Waals surface area contributed by atoms with Gasteiger partial charge in [-0.1, -0.05) is 22.9 Å². The molecule has 21 heavy (non-hydrogen) atoms. The third kappa shape index (κ3) is 5.61. The molecule has 1 aliphatic carbocycles. The van der Waals surface area contributed by atoms with Gasteiger partial charge in [0.05, 0.1) is 12.7 Å². The summed E-state index contributed by atoms with van der Waals surface area (Å²) in [6.07, 6.45) is 5.12. The molecule has 1 saturated carbocycles. The largest absolute Gasteiger partial charge is 0.493 e. The summed E-state index contributed by atoms with van der Waals surface area (Å²) in [5, 5.41) is 13.1. The summed E-state index contributed by atoms with van der Waals surface area (Å²) in [6.45, 7) is 4.73. The van der Waals surface area contributed by atoms with Gasteiger partial charge in [-0.15, -0.1) is 0 Å². The van der Waals surface area contributed by atoms with Gasteiger partial charge >= 0.3 is 0 Å². The van der Waals surface area contributed by atoms with Gasteiger partial charge in [-0.05, 0) is 62.8 Å². The fraction of sp³-hybridized carbons (Fsp3) is 0.647. The molecule has 0 unspecified atom stereocenters. The predicted octanol–water partition coefficient (Wildman–Crippen LogP) is 3.88. The lowest BCUT2D eigenvalue weighted by atomic mass is 9.87. The molecule has 0 atom stereocenters. The smallest absolute Gasteiger partial charge is 0.123 e. The molecule has 0 aliphatic heterocycles. The molecule has 0 spiro atoms. The Kier molecular flexibility index (Phi) is 7.00. The molecule has 1 aromatic carbocycles. The second-order valence-corrected chi connectivity index (χ2v) is 6.82. The van der Waals surface area contributed by atoms with Crippen molar-refractivity contribution in [2.75, 3.05) is 13.2 Å². The van der Waals surface area contributed by atoms with Gasteiger partial charge in [0.15, 0.2) is 0 Å². The molecule has 0 heterocycles. The van der Waals surface area contributed by atoms with Gasteiger partial charge in [0.2, 0.25) is 0 Å². The van der Waals surface area contributed by atoms with Crippen LogP contribution in [0.2, 0.25) is 0 Å². The maximum Gasteiger partial charge on any atom is 0.123 e. The predicted molar refractivity (Wildman–Crippen MR) is 89.6 cm³/mol. The van der Waals surface area contributed by atoms with E-state index >= 15 is 0 Å². The van der Waals surface area contributed by atoms with Crippen LogP contribution in [-0.2, 0) is 6.54 Å². The van der Waals surface area contributed by atoms with Crippen LogP contribution in [0.15, 0.2) is 22.7 Å². The Bertz CT molecular complexity index is 431. The molecule has 2 rings (SSSR count). The third-order valence-electron chi connectivity index (χ3n) is 4.05. The molecule has 2 N–H and O–H groups in total. The zero-order valence-electron chi connectivity index (χ0n) is 12.8. The van der Waals surface area contributed by atoms with Gasteiger partial charge in [0.1, 0.15) is 5.75 Å². The number of halogens is 1. The molecule has 1 aliphatic rings. The first-order valence-corrected chi connectivity index (χ1v) is 8.78. The Morgan fingerprint density at radius 3 is 2.76 bits per heavy atom. The summed E-state index contributed by atoms with van der Waals surface area (Å²) in [5.41, 5.74) is 1.20. The Morgan fingerprint density at radius 2 is 2.05 bits per heavy atom. The topological polar surface area (TPSA) is 41.5 Å². The highest BCUT2D eigenvalue weighted by molar-refractivity contribution is 9.10. The molecule has 0 aromatic heterocycles. The fourth-order valence-electron chi connectivity index (χ4n) is 2.80. The Labute approximate surface area is 136 Å². The highest BCUT2D eigenvalue weighted by Gasteiger charge is 2.18. The fourth-order valence-corrected chi connectivity index (χ4v) is 3.21. The van der Waals surface area contributed by atoms with Crippen LogP contribution in [0.5, 0.6) is 5.75 Å². The second kappa shape index (κ2) is 8.76. The molecule has 3 nitrogen and oxygen atoms in total. The maximum absolute atomic E-state index is 9.54. The minimum absolute atomic E-state index is 0.0691. The van der Waals surface area contributed by atoms with Crippen molar-refractivity contribution in [1.29, 1.82) is 0 Å². The minimum Gasteiger partial charge on any atom is -0.493 e. The summed E-state index contributed by atoms with van der Waals surface area (Å²) >= 11 is 3.53. The number of nitrogens with one attached hydrogen (secondary N) is 1. The van der Waals surface area contributed by atoms with Crippen LogP contribution in [0.1, 0.15) is 44.6 Å². The summed E-state index contributed by atoms with van der Waals surface area (Å²) in [4.78, 5) is 0. The van der Waals surface area contributed by atoms with Crippen molar-refractivity contribution in [3.8, 4) is 5.75 Å². The summed E-state index contributed by atoms with van der Waals surface area (Å²) in [7, 11) is 0. The monoisotopic (exact) mass is 355 g/mol. The van der Waals surface area contributed by atoms with Gasteiger partial charge in [-0.25, -0.2) is 0 Å². The van der Waals surface area contributed by atoms with Crippen molar-refractivity contribution in [1.82, 2.24) is 5.32 Å². The average Bonchev–Trinajstić information content (AvgIpc) is 2.48. The van der Waals surface area contributed by atoms with Crippen LogP contribution in [-0.4, -0.2) is 24.4 Å². The van der Waals surface area contributed by atoms with Crippen molar-refractivity contribution in [3.63, 3.8) is 0 Å². The minimum atomic E-state index is -0.0691. The number of hydrogen-bond acceptors (Lipinski definition) is 3. The molecule has 0 radical (unpaired) electrons. The second-order valence-electron chi connectivity index (χ2n) is 5.91. The molecule has 1 fully saturated rings. The normalized spacial score (nSPS) is 22.2. The van der Waals surface area contributed by atoms with Gasteiger partial charge in [0, 0.05) is 16.6 Å². The number of benzene rings is 1. The Morgan fingerprint density at radius 1 is 1.29 bits per heavy atom. The zero-order chi connectivity index (χ0) is 15.1. The SMILES string of the molecule is CCCOc1ccc(Br)cc1CNCC1CCC(O)CC1. The van der Waals surface area contributed by atoms with E-state index in [1.807, 2.05) is 12.1 Å². The quantitative estimate of drug-likeness (QED) is 0.779. The summed E-state index contributed by atoms with van der Waals surface area (Å²) < 4.78 is 6.89. The lowest BCUT2D eigenvalue weighted by Crippen LogP contribution is -2.27. The van der Waals surface area contributed by atoms with Crippen LogP contribution in [0.25, 0.3) is 0 Å². The van der Waals surface area contributed by atoms with Gasteiger partial charge in [-0.2, -0.15) is 0 Å². The van der Waals surface area contributed by atoms with Crippen LogP contribution >= 0.6 is 15.9 Å². The third-order valence-corrected chi connectivity index (χ3v) is 4.54. The standard InChI is InChI=1S/C17H26BrNO2/c1-2-9-21-17-8-5-15(18)10-14(17)12-19-11-13-3-6-16(20)7-4-13/h5,8,10,13,16,19-20H,2-4,6-7,9,11-12H2,1H3. The Balaban J connectivity index is 1.82. The van der Waals surface area contributed by atoms with Crippen molar-refractivity contribution in [3.05, 3.63) is 28.2 Å². The highest BCUT2D eigenvalue weighted by atomic mass is 79.9. The number of aliphatic hydroxyl groups excluding tert-OH is 1. The van der Waals surface area contributed by atoms with Crippen LogP contribution < -0.4 is 10.1 Å². The van der Waals surface area contributed by atoms with E-state index in [0.29, 0.717) is 5.92 Å². The highest BCUT2D eigenvalue weighted by Crippen LogP contribution is 2.25. The molecular weight excluding hydrogens is 330 g/mol. The van der Waals surface area contributed by atoms with Gasteiger partial charge in [-0.3, -0.25) is 0 Å². The van der Waals surface area contributed by atoms with E-state index in [0.717, 1.165) is 62.0 Å². The summed E-state index contributed by atoms with van der Waals surface area (Å²) in [6, 6.07) is 6.19. The van der Waals surface area contributed by atoms with Crippen LogP contribution in [0.4, 0.5) is 0 Å². The zero-order valence-corrected chi connectivity index (χ0v) is 14.4. The summed E-state index contributed by atoms with van der Waals surface area (Å²) in [5.74, 6) is 1.67. The van der Waals surface area contributed by atoms with Crippen molar-refractivity contribution < 1.29 is 9.84 Å². The lowest BCUT2D eigenvalue weighted by Gasteiger charge is -2.25. The van der Waals surface area contributed by atoms with E-state index in [9.17, 15) is 5.11 Å². The van der Waals surface area contributed by atoms with E-state index in [1.165, 1.54) is 5.56 Å². The first-order chi connectivity index (χ1) is 10.2. The molecule has 0 bridgehead atoms. The number of ether oxygens (including phenoxy) is 1. The van der Waals surface area contributed by atoms with E-state index in [1.54, 1.807) is 0 Å². The molecular formula is C17H26BrNO2. The first-order valence-electron chi connectivity index (χ1n) is 7.99. The van der Waals surface area contributed by atoms with Crippen molar-refractivity contribution in [2.45, 2.75) is 51.7 Å². The van der Waals surface area contributed by atoms with Crippen molar-refractivity contribution in [2.24, 2.45) is 5.92 Å². The Hall–Kier alpha value is -0.580. The van der Waals surface area contributed by atoms with E-state index in [4.69, 9.17) is 4.74 Å². The van der Waals surface area contributed by atoms with E-state index in [-0.39, 0.29) is 6.10 Å². The molecule has 0 saturated heterocycles. The lowest BCUT2D eigenvalue weighted by molar-refractivity contribution is 0.108. The van der Waals surface area contributed by atoms with Crippen molar-refractivity contribution >= 4 is 15.9 Å². The van der Waals surface area contributed by atoms with Crippen LogP contribution in [0.3, 0.4) is 0 Å². The number of hydrogen-bond donors (Lipinski definition) is 2. The van der Waals surface area contributed by atoms with E-state index in [2.05, 4.69) is 34.2 Å². The van der Waals surface area contributed by atoms with Gasteiger partial charge < -0.3 is 15.2 Å². The number of rotatable bonds is 7. The first kappa shape index (κ1) is 16.8. The maximum atomic E-state index is 9.54. The molecule has 0 amide bonds. The van der Waals surface area contributed by atoms with Crippen LogP contribution in [0, 0.1) is 5.92 Å². The van der Waals surface area contributed by atoms with E-state index < -0.39 is 0 Å². The molecule has 4 heteroatoms.